The van der Waals surface area contributed by atoms with E-state index in [1.165, 1.54) is 0 Å². The Hall–Kier alpha value is 0.0700. The molecular formula is C7H14ClF2NO. The molecule has 1 heterocycles. The normalized spacial score (nSPS) is 29.0. The summed E-state index contributed by atoms with van der Waals surface area (Å²) in [5.41, 5.74) is 0. The number of methoxy groups -OCH3 is 1. The van der Waals surface area contributed by atoms with Gasteiger partial charge in [-0.2, -0.15) is 0 Å². The van der Waals surface area contributed by atoms with Crippen LogP contribution in [0.3, 0.4) is 0 Å². The molecule has 1 rings (SSSR count). The zero-order chi connectivity index (χ0) is 8.27. The third-order valence-electron chi connectivity index (χ3n) is 2.10. The summed E-state index contributed by atoms with van der Waals surface area (Å²) in [4.78, 5) is 0. The minimum Gasteiger partial charge on any atom is -0.384 e. The van der Waals surface area contributed by atoms with Gasteiger partial charge in [-0.05, 0) is 0 Å². The minimum absolute atomic E-state index is 0. The molecule has 0 spiro atoms. The van der Waals surface area contributed by atoms with Gasteiger partial charge in [0.1, 0.15) is 0 Å². The minimum atomic E-state index is -2.22. The molecule has 0 unspecified atom stereocenters. The largest absolute Gasteiger partial charge is 0.384 e. The molecule has 0 saturated carbocycles. The summed E-state index contributed by atoms with van der Waals surface area (Å²) < 4.78 is 29.3. The summed E-state index contributed by atoms with van der Waals surface area (Å²) in [5, 5.41) is 2.93. The van der Waals surface area contributed by atoms with Crippen LogP contribution in [0.5, 0.6) is 0 Å². The molecule has 1 aliphatic heterocycles. The first-order valence-electron chi connectivity index (χ1n) is 3.73. The highest BCUT2D eigenvalue weighted by Gasteiger charge is 2.33. The maximum absolute atomic E-state index is 12.2. The topological polar surface area (TPSA) is 21.3 Å². The van der Waals surface area contributed by atoms with E-state index in [1.54, 1.807) is 7.11 Å². The lowest BCUT2D eigenvalue weighted by Crippen LogP contribution is -2.23. The maximum atomic E-state index is 12.2. The lowest BCUT2D eigenvalue weighted by molar-refractivity contribution is 0.0378. The van der Waals surface area contributed by atoms with Gasteiger partial charge in [0.15, 0.2) is 0 Å². The van der Waals surface area contributed by atoms with Crippen LogP contribution in [0.25, 0.3) is 0 Å². The molecule has 0 aromatic heterocycles. The third-order valence-corrected chi connectivity index (χ3v) is 2.10. The highest BCUT2D eigenvalue weighted by Crippen LogP contribution is 2.23. The molecule has 0 bridgehead atoms. The number of hydrogen-bond acceptors (Lipinski definition) is 2. The van der Waals surface area contributed by atoms with Gasteiger partial charge < -0.3 is 10.1 Å². The first-order chi connectivity index (χ1) is 5.25. The van der Waals surface area contributed by atoms with Crippen molar-refractivity contribution in [3.05, 3.63) is 0 Å². The highest BCUT2D eigenvalue weighted by atomic mass is 35.5. The van der Waals surface area contributed by atoms with Crippen molar-refractivity contribution in [1.29, 1.82) is 0 Å². The second-order valence-electron chi connectivity index (χ2n) is 2.87. The van der Waals surface area contributed by atoms with E-state index in [4.69, 9.17) is 4.74 Å². The summed E-state index contributed by atoms with van der Waals surface area (Å²) >= 11 is 0. The molecule has 0 aromatic carbocycles. The van der Waals surface area contributed by atoms with E-state index in [0.717, 1.165) is 0 Å². The van der Waals surface area contributed by atoms with Crippen molar-refractivity contribution in [2.24, 2.45) is 11.8 Å². The van der Waals surface area contributed by atoms with E-state index >= 15 is 0 Å². The van der Waals surface area contributed by atoms with Crippen LogP contribution in [0.1, 0.15) is 0 Å². The van der Waals surface area contributed by atoms with Gasteiger partial charge in [0.2, 0.25) is 6.43 Å². The fourth-order valence-electron chi connectivity index (χ4n) is 1.44. The zero-order valence-electron chi connectivity index (χ0n) is 6.93. The molecule has 0 aliphatic carbocycles. The Morgan fingerprint density at radius 2 is 2.17 bits per heavy atom. The van der Waals surface area contributed by atoms with E-state index < -0.39 is 12.3 Å². The summed E-state index contributed by atoms with van der Waals surface area (Å²) in [6, 6.07) is 0. The van der Waals surface area contributed by atoms with Gasteiger partial charge in [0, 0.05) is 32.0 Å². The van der Waals surface area contributed by atoms with Crippen molar-refractivity contribution in [2.45, 2.75) is 6.43 Å². The smallest absolute Gasteiger partial charge is 0.243 e. The predicted octanol–water partition coefficient (Wildman–Crippen LogP) is 1.16. The average Bonchev–Trinajstić information content (AvgIpc) is 2.36. The van der Waals surface area contributed by atoms with Crippen molar-refractivity contribution in [2.75, 3.05) is 26.8 Å². The first kappa shape index (κ1) is 12.1. The van der Waals surface area contributed by atoms with Gasteiger partial charge in [0.05, 0.1) is 6.61 Å². The molecule has 0 aromatic rings. The fraction of sp³-hybridized carbons (Fsp3) is 1.00. The van der Waals surface area contributed by atoms with Crippen LogP contribution >= 0.6 is 12.4 Å². The second-order valence-corrected chi connectivity index (χ2v) is 2.87. The molecule has 12 heavy (non-hydrogen) atoms. The second kappa shape index (κ2) is 5.67. The van der Waals surface area contributed by atoms with Crippen LogP contribution in [-0.4, -0.2) is 33.2 Å². The summed E-state index contributed by atoms with van der Waals surface area (Å²) in [5.74, 6) is -0.532. The first-order valence-corrected chi connectivity index (χ1v) is 3.73. The van der Waals surface area contributed by atoms with Crippen LogP contribution in [-0.2, 0) is 4.74 Å². The van der Waals surface area contributed by atoms with E-state index in [9.17, 15) is 8.78 Å². The molecule has 0 amide bonds. The number of halogens is 3. The van der Waals surface area contributed by atoms with Gasteiger partial charge in [-0.1, -0.05) is 0 Å². The highest BCUT2D eigenvalue weighted by molar-refractivity contribution is 5.85. The SMILES string of the molecule is COC[C@H]1CNC[C@H]1C(F)F.Cl. The van der Waals surface area contributed by atoms with Crippen molar-refractivity contribution in [3.8, 4) is 0 Å². The van der Waals surface area contributed by atoms with Crippen molar-refractivity contribution >= 4 is 12.4 Å². The monoisotopic (exact) mass is 201 g/mol. The van der Waals surface area contributed by atoms with E-state index in [1.807, 2.05) is 0 Å². The molecule has 2 atom stereocenters. The molecular weight excluding hydrogens is 188 g/mol. The molecule has 1 N–H and O–H groups in total. The van der Waals surface area contributed by atoms with Crippen LogP contribution in [0.2, 0.25) is 0 Å². The Morgan fingerprint density at radius 1 is 1.50 bits per heavy atom. The number of ether oxygens (including phenoxy) is 1. The molecule has 5 heteroatoms. The number of rotatable bonds is 3. The van der Waals surface area contributed by atoms with Crippen LogP contribution in [0.4, 0.5) is 8.78 Å². The number of alkyl halides is 2. The quantitative estimate of drug-likeness (QED) is 0.740. The summed E-state index contributed by atoms with van der Waals surface area (Å²) in [7, 11) is 1.54. The Morgan fingerprint density at radius 3 is 2.67 bits per heavy atom. The molecule has 1 fully saturated rings. The predicted molar refractivity (Wildman–Crippen MR) is 45.0 cm³/mol. The van der Waals surface area contributed by atoms with E-state index in [-0.39, 0.29) is 18.3 Å². The Kier molecular flexibility index (Phi) is 5.70. The van der Waals surface area contributed by atoms with Crippen LogP contribution in [0.15, 0.2) is 0 Å². The maximum Gasteiger partial charge on any atom is 0.243 e. The summed E-state index contributed by atoms with van der Waals surface area (Å²) in [6.07, 6.45) is -2.22. The van der Waals surface area contributed by atoms with Crippen molar-refractivity contribution in [3.63, 3.8) is 0 Å². The van der Waals surface area contributed by atoms with Crippen LogP contribution < -0.4 is 5.32 Å². The van der Waals surface area contributed by atoms with Crippen molar-refractivity contribution in [1.82, 2.24) is 5.32 Å². The fourth-order valence-corrected chi connectivity index (χ4v) is 1.44. The van der Waals surface area contributed by atoms with Gasteiger partial charge >= 0.3 is 0 Å². The van der Waals surface area contributed by atoms with E-state index in [0.29, 0.717) is 19.7 Å². The lowest BCUT2D eigenvalue weighted by Gasteiger charge is -2.15. The van der Waals surface area contributed by atoms with Crippen molar-refractivity contribution < 1.29 is 13.5 Å². The zero-order valence-corrected chi connectivity index (χ0v) is 7.74. The average molecular weight is 202 g/mol. The van der Waals surface area contributed by atoms with Gasteiger partial charge in [-0.15, -0.1) is 12.4 Å². The van der Waals surface area contributed by atoms with Crippen LogP contribution in [0, 0.1) is 11.8 Å². The Labute approximate surface area is 77.1 Å². The van der Waals surface area contributed by atoms with Gasteiger partial charge in [-0.3, -0.25) is 0 Å². The molecule has 1 saturated heterocycles. The molecule has 0 radical (unpaired) electrons. The molecule has 74 valence electrons. The Bertz CT molecular complexity index is 126. The Balaban J connectivity index is 0.00000121. The summed E-state index contributed by atoms with van der Waals surface area (Å²) in [6.45, 7) is 1.51. The number of nitrogens with one attached hydrogen (secondary N) is 1. The third kappa shape index (κ3) is 2.84. The molecule has 2 nitrogen and oxygen atoms in total. The lowest BCUT2D eigenvalue weighted by atomic mass is 9.98. The van der Waals surface area contributed by atoms with Gasteiger partial charge in [0.25, 0.3) is 0 Å². The van der Waals surface area contributed by atoms with E-state index in [2.05, 4.69) is 5.32 Å². The van der Waals surface area contributed by atoms with Gasteiger partial charge in [-0.25, -0.2) is 8.78 Å². The number of hydrogen-bond donors (Lipinski definition) is 1. The molecule has 1 aliphatic rings. The standard InChI is InChI=1S/C7H13F2NO.ClH/c1-11-4-5-2-10-3-6(5)7(8)9;/h5-7,10H,2-4H2,1H3;1H/t5-,6-;/m1./s1.